The monoisotopic (exact) mass is 262 g/mol. The molecule has 0 saturated heterocycles. The van der Waals surface area contributed by atoms with Crippen LogP contribution in [-0.2, 0) is 6.54 Å². The molecule has 0 heterocycles. The smallest absolute Gasteiger partial charge is 0.270 e. The highest BCUT2D eigenvalue weighted by Crippen LogP contribution is 2.27. The third kappa shape index (κ3) is 3.79. The number of rotatable bonds is 7. The van der Waals surface area contributed by atoms with Gasteiger partial charge >= 0.3 is 0 Å². The van der Waals surface area contributed by atoms with E-state index in [1.807, 2.05) is 6.92 Å². The Labute approximate surface area is 112 Å². The van der Waals surface area contributed by atoms with Crippen LogP contribution >= 0.6 is 0 Å². The van der Waals surface area contributed by atoms with Crippen LogP contribution in [-0.4, -0.2) is 17.1 Å². The molecule has 1 N–H and O–H groups in total. The van der Waals surface area contributed by atoms with Crippen LogP contribution in [0.4, 0.5) is 5.69 Å². The summed E-state index contributed by atoms with van der Waals surface area (Å²) in [4.78, 5) is 10.4. The lowest BCUT2D eigenvalue weighted by atomic mass is 10.1. The quantitative estimate of drug-likeness (QED) is 0.466. The lowest BCUT2D eigenvalue weighted by molar-refractivity contribution is -0.384. The Bertz CT molecular complexity index is 484. The molecule has 1 unspecified atom stereocenters. The zero-order valence-corrected chi connectivity index (χ0v) is 11.0. The third-order valence-corrected chi connectivity index (χ3v) is 3.06. The van der Waals surface area contributed by atoms with Crippen LogP contribution in [0, 0.1) is 10.1 Å². The van der Waals surface area contributed by atoms with Crippen LogP contribution < -0.4 is 10.1 Å². The Hall–Kier alpha value is -1.88. The number of hydrogen-bond donors (Lipinski definition) is 1. The van der Waals surface area contributed by atoms with E-state index in [1.165, 1.54) is 18.9 Å². The van der Waals surface area contributed by atoms with Crippen molar-refractivity contribution in [2.24, 2.45) is 0 Å². The molecule has 0 amide bonds. The number of nitrogens with zero attached hydrogens (tertiary/aromatic N) is 1. The van der Waals surface area contributed by atoms with Crippen molar-refractivity contribution in [1.82, 2.24) is 5.32 Å². The topological polar surface area (TPSA) is 64.4 Å². The zero-order chi connectivity index (χ0) is 13.8. The molecule has 102 valence electrons. The van der Waals surface area contributed by atoms with Gasteiger partial charge in [-0.05, 0) is 25.8 Å². The number of ether oxygens (including phenoxy) is 1. The first-order valence-corrected chi connectivity index (χ1v) is 6.40. The molecule has 1 atom stereocenters. The highest BCUT2D eigenvalue weighted by atomic mass is 16.6. The van der Waals surface area contributed by atoms with Gasteiger partial charge in [0.1, 0.15) is 11.9 Å². The number of benzene rings is 1. The van der Waals surface area contributed by atoms with Crippen molar-refractivity contribution in [2.75, 3.05) is 0 Å². The van der Waals surface area contributed by atoms with Gasteiger partial charge in [0.25, 0.3) is 5.69 Å². The van der Waals surface area contributed by atoms with Gasteiger partial charge < -0.3 is 10.1 Å². The molecule has 0 spiro atoms. The minimum absolute atomic E-state index is 0.0891. The molecule has 1 fully saturated rings. The van der Waals surface area contributed by atoms with Crippen molar-refractivity contribution in [3.8, 4) is 5.75 Å². The summed E-state index contributed by atoms with van der Waals surface area (Å²) >= 11 is 0. The Balaban J connectivity index is 2.17. The standard InChI is InChI=1S/C14H18N2O3/c1-3-10(2)19-14-7-6-13(16(17)18)8-11(14)9-15-12-4-5-12/h3,6-8,10,12,15H,1,4-5,9H2,2H3. The molecule has 1 aromatic rings. The van der Waals surface area contributed by atoms with Gasteiger partial charge in [-0.15, -0.1) is 0 Å². The number of hydrogen-bond acceptors (Lipinski definition) is 4. The largest absolute Gasteiger partial charge is 0.486 e. The first kappa shape index (κ1) is 13.5. The Kier molecular flexibility index (Phi) is 4.16. The summed E-state index contributed by atoms with van der Waals surface area (Å²) in [5.74, 6) is 0.672. The lowest BCUT2D eigenvalue weighted by Crippen LogP contribution is -2.17. The van der Waals surface area contributed by atoms with Gasteiger partial charge in [0.2, 0.25) is 0 Å². The van der Waals surface area contributed by atoms with Gasteiger partial charge in [0.05, 0.1) is 4.92 Å². The Morgan fingerprint density at radius 1 is 1.63 bits per heavy atom. The molecule has 1 saturated carbocycles. The highest BCUT2D eigenvalue weighted by Gasteiger charge is 2.21. The van der Waals surface area contributed by atoms with Gasteiger partial charge in [0.15, 0.2) is 0 Å². The summed E-state index contributed by atoms with van der Waals surface area (Å²) in [5, 5.41) is 14.2. The van der Waals surface area contributed by atoms with E-state index >= 15 is 0 Å². The fourth-order valence-electron chi connectivity index (χ4n) is 1.72. The van der Waals surface area contributed by atoms with Gasteiger partial charge in [-0.1, -0.05) is 12.7 Å². The van der Waals surface area contributed by atoms with Crippen LogP contribution in [0.3, 0.4) is 0 Å². The lowest BCUT2D eigenvalue weighted by Gasteiger charge is -2.15. The number of non-ortho nitro benzene ring substituents is 1. The molecule has 1 aliphatic carbocycles. The fourth-order valence-corrected chi connectivity index (χ4v) is 1.72. The minimum atomic E-state index is -0.388. The van der Waals surface area contributed by atoms with Gasteiger partial charge in [0, 0.05) is 30.3 Å². The molecular formula is C14H18N2O3. The molecular weight excluding hydrogens is 244 g/mol. The Morgan fingerprint density at radius 3 is 2.95 bits per heavy atom. The van der Waals surface area contributed by atoms with Crippen LogP contribution in [0.25, 0.3) is 0 Å². The second-order valence-electron chi connectivity index (χ2n) is 4.76. The van der Waals surface area contributed by atoms with Crippen LogP contribution in [0.5, 0.6) is 5.75 Å². The van der Waals surface area contributed by atoms with Crippen molar-refractivity contribution in [3.05, 3.63) is 46.5 Å². The SMILES string of the molecule is C=CC(C)Oc1ccc([N+](=O)[O-])cc1CNC1CC1. The van der Waals surface area contributed by atoms with Crippen LogP contribution in [0.2, 0.25) is 0 Å². The van der Waals surface area contributed by atoms with Crippen LogP contribution in [0.1, 0.15) is 25.3 Å². The molecule has 1 aliphatic rings. The van der Waals surface area contributed by atoms with E-state index in [4.69, 9.17) is 4.74 Å². The van der Waals surface area contributed by atoms with E-state index in [0.29, 0.717) is 18.3 Å². The van der Waals surface area contributed by atoms with Crippen molar-refractivity contribution in [1.29, 1.82) is 0 Å². The summed E-state index contributed by atoms with van der Waals surface area (Å²) in [6.07, 6.45) is 3.92. The Morgan fingerprint density at radius 2 is 2.37 bits per heavy atom. The maximum absolute atomic E-state index is 10.8. The maximum Gasteiger partial charge on any atom is 0.270 e. The van der Waals surface area contributed by atoms with Crippen LogP contribution in [0.15, 0.2) is 30.9 Å². The van der Waals surface area contributed by atoms with E-state index < -0.39 is 0 Å². The van der Waals surface area contributed by atoms with E-state index in [-0.39, 0.29) is 16.7 Å². The minimum Gasteiger partial charge on any atom is -0.486 e. The first-order chi connectivity index (χ1) is 9.10. The molecule has 0 aliphatic heterocycles. The van der Waals surface area contributed by atoms with Crippen molar-refractivity contribution in [2.45, 2.75) is 38.5 Å². The summed E-state index contributed by atoms with van der Waals surface area (Å²) in [6.45, 7) is 6.14. The normalized spacial score (nSPS) is 15.8. The molecule has 0 aromatic heterocycles. The summed E-state index contributed by atoms with van der Waals surface area (Å²) in [6, 6.07) is 5.23. The second-order valence-corrected chi connectivity index (χ2v) is 4.76. The van der Waals surface area contributed by atoms with E-state index in [9.17, 15) is 10.1 Å². The first-order valence-electron chi connectivity index (χ1n) is 6.40. The number of nitro groups is 1. The molecule has 0 bridgehead atoms. The summed E-state index contributed by atoms with van der Waals surface area (Å²) in [7, 11) is 0. The second kappa shape index (κ2) is 5.84. The summed E-state index contributed by atoms with van der Waals surface area (Å²) in [5.41, 5.74) is 0.904. The van der Waals surface area contributed by atoms with Crippen molar-refractivity contribution >= 4 is 5.69 Å². The van der Waals surface area contributed by atoms with E-state index in [0.717, 1.165) is 5.56 Å². The van der Waals surface area contributed by atoms with Gasteiger partial charge in [-0.2, -0.15) is 0 Å². The molecule has 0 radical (unpaired) electrons. The van der Waals surface area contributed by atoms with Gasteiger partial charge in [-0.25, -0.2) is 0 Å². The molecule has 2 rings (SSSR count). The maximum atomic E-state index is 10.8. The predicted molar refractivity (Wildman–Crippen MR) is 73.2 cm³/mol. The highest BCUT2D eigenvalue weighted by molar-refractivity contribution is 5.44. The molecule has 5 nitrogen and oxygen atoms in total. The molecule has 5 heteroatoms. The molecule has 1 aromatic carbocycles. The average molecular weight is 262 g/mol. The number of nitrogens with one attached hydrogen (secondary N) is 1. The van der Waals surface area contributed by atoms with E-state index in [1.54, 1.807) is 18.2 Å². The molecule has 19 heavy (non-hydrogen) atoms. The van der Waals surface area contributed by atoms with Crippen molar-refractivity contribution < 1.29 is 9.66 Å². The zero-order valence-electron chi connectivity index (χ0n) is 11.0. The third-order valence-electron chi connectivity index (χ3n) is 3.06. The van der Waals surface area contributed by atoms with Crippen molar-refractivity contribution in [3.63, 3.8) is 0 Å². The fraction of sp³-hybridized carbons (Fsp3) is 0.429. The van der Waals surface area contributed by atoms with E-state index in [2.05, 4.69) is 11.9 Å². The number of nitro benzene ring substituents is 1. The summed E-state index contributed by atoms with van der Waals surface area (Å²) < 4.78 is 5.70. The van der Waals surface area contributed by atoms with Gasteiger partial charge in [-0.3, -0.25) is 10.1 Å². The predicted octanol–water partition coefficient (Wildman–Crippen LogP) is 2.80. The average Bonchev–Trinajstić information content (AvgIpc) is 3.21.